The lowest BCUT2D eigenvalue weighted by atomic mass is 10.0. The first-order valence-corrected chi connectivity index (χ1v) is 14.2. The number of para-hydroxylation sites is 1. The fourth-order valence-electron chi connectivity index (χ4n) is 5.73. The van der Waals surface area contributed by atoms with Gasteiger partial charge in [-0.3, -0.25) is 9.69 Å². The summed E-state index contributed by atoms with van der Waals surface area (Å²) in [5, 5.41) is 15.0. The van der Waals surface area contributed by atoms with Crippen LogP contribution in [0.2, 0.25) is 0 Å². The normalized spacial score (nSPS) is 14.0. The van der Waals surface area contributed by atoms with Gasteiger partial charge in [0.15, 0.2) is 5.76 Å². The molecule has 1 aliphatic rings. The minimum Gasteiger partial charge on any atom is -0.451 e. The SMILES string of the molecule is N#Cc1ccc2c(c1)c(CCCCN1CCN(c3ccc4oc(C(N)=O)cc4c3)CC1)cn2CNc1ccccc1. The molecule has 2 aromatic heterocycles. The Morgan fingerprint density at radius 3 is 2.59 bits per heavy atom. The van der Waals surface area contributed by atoms with Crippen molar-refractivity contribution in [3.8, 4) is 6.07 Å². The maximum atomic E-state index is 11.4. The van der Waals surface area contributed by atoms with Crippen LogP contribution >= 0.6 is 0 Å². The first kappa shape index (κ1) is 26.5. The van der Waals surface area contributed by atoms with E-state index in [0.717, 1.165) is 74.3 Å². The molecule has 208 valence electrons. The van der Waals surface area contributed by atoms with Crippen LogP contribution in [-0.4, -0.2) is 48.1 Å². The summed E-state index contributed by atoms with van der Waals surface area (Å²) in [6.45, 7) is 5.72. The van der Waals surface area contributed by atoms with Gasteiger partial charge in [0, 0.05) is 60.0 Å². The summed E-state index contributed by atoms with van der Waals surface area (Å²) in [6, 6.07) is 26.3. The Hall–Kier alpha value is -4.74. The number of benzene rings is 3. The molecule has 1 saturated heterocycles. The lowest BCUT2D eigenvalue weighted by molar-refractivity contribution is 0.0976. The third-order valence-electron chi connectivity index (χ3n) is 7.97. The smallest absolute Gasteiger partial charge is 0.284 e. The second kappa shape index (κ2) is 11.8. The molecule has 6 rings (SSSR count). The molecular weight excluding hydrogens is 512 g/mol. The van der Waals surface area contributed by atoms with Crippen LogP contribution in [0.1, 0.15) is 34.5 Å². The lowest BCUT2D eigenvalue weighted by Crippen LogP contribution is -2.46. The van der Waals surface area contributed by atoms with Gasteiger partial charge in [0.05, 0.1) is 18.3 Å². The van der Waals surface area contributed by atoms with Gasteiger partial charge in [-0.15, -0.1) is 0 Å². The molecule has 1 fully saturated rings. The van der Waals surface area contributed by atoms with Crippen LogP contribution in [0, 0.1) is 11.3 Å². The summed E-state index contributed by atoms with van der Waals surface area (Å²) in [7, 11) is 0. The molecule has 1 aliphatic heterocycles. The molecule has 3 aromatic carbocycles. The third-order valence-corrected chi connectivity index (χ3v) is 7.97. The Kier molecular flexibility index (Phi) is 7.61. The van der Waals surface area contributed by atoms with Crippen LogP contribution in [0.4, 0.5) is 11.4 Å². The zero-order valence-corrected chi connectivity index (χ0v) is 23.1. The number of nitrogens with two attached hydrogens (primary N) is 1. The predicted molar refractivity (Wildman–Crippen MR) is 163 cm³/mol. The van der Waals surface area contributed by atoms with Crippen molar-refractivity contribution in [3.63, 3.8) is 0 Å². The Labute approximate surface area is 239 Å². The standard InChI is InChI=1S/C33H34N6O2/c34-21-24-9-11-30-29(18-24)25(22-39(30)23-36-27-7-2-1-3-8-27)6-4-5-13-37-14-16-38(17-15-37)28-10-12-31-26(19-28)20-32(41-31)33(35)40/h1-3,7-12,18-20,22,36H,4-6,13-17,23H2,(H2,35,40). The minimum atomic E-state index is -0.547. The van der Waals surface area contributed by atoms with Crippen molar-refractivity contribution < 1.29 is 9.21 Å². The number of nitriles is 1. The molecule has 0 atom stereocenters. The molecular formula is C33H34N6O2. The molecule has 3 heterocycles. The first-order chi connectivity index (χ1) is 20.1. The van der Waals surface area contributed by atoms with Crippen molar-refractivity contribution in [1.29, 1.82) is 5.26 Å². The van der Waals surface area contributed by atoms with Crippen molar-refractivity contribution >= 4 is 39.2 Å². The number of primary amides is 1. The summed E-state index contributed by atoms with van der Waals surface area (Å²) in [5.74, 6) is -0.352. The summed E-state index contributed by atoms with van der Waals surface area (Å²) < 4.78 is 7.77. The average molecular weight is 547 g/mol. The highest BCUT2D eigenvalue weighted by Crippen LogP contribution is 2.27. The number of rotatable bonds is 10. The number of anilines is 2. The molecule has 0 aliphatic carbocycles. The summed E-state index contributed by atoms with van der Waals surface area (Å²) in [6.07, 6.45) is 5.46. The second-order valence-corrected chi connectivity index (χ2v) is 10.7. The number of hydrogen-bond donors (Lipinski definition) is 2. The van der Waals surface area contributed by atoms with E-state index in [1.165, 1.54) is 10.9 Å². The van der Waals surface area contributed by atoms with Crippen LogP contribution in [0.5, 0.6) is 0 Å². The largest absolute Gasteiger partial charge is 0.451 e. The van der Waals surface area contributed by atoms with Crippen LogP contribution in [-0.2, 0) is 13.1 Å². The van der Waals surface area contributed by atoms with E-state index in [0.29, 0.717) is 17.8 Å². The maximum absolute atomic E-state index is 11.4. The number of piperazine rings is 1. The van der Waals surface area contributed by atoms with E-state index in [-0.39, 0.29) is 5.76 Å². The Morgan fingerprint density at radius 2 is 1.80 bits per heavy atom. The van der Waals surface area contributed by atoms with Gasteiger partial charge >= 0.3 is 0 Å². The lowest BCUT2D eigenvalue weighted by Gasteiger charge is -2.36. The van der Waals surface area contributed by atoms with Gasteiger partial charge < -0.3 is 24.9 Å². The van der Waals surface area contributed by atoms with E-state index in [1.807, 2.05) is 36.4 Å². The molecule has 5 aromatic rings. The molecule has 0 unspecified atom stereocenters. The number of amides is 1. The van der Waals surface area contributed by atoms with E-state index in [2.05, 4.69) is 62.3 Å². The van der Waals surface area contributed by atoms with Crippen molar-refractivity contribution in [2.24, 2.45) is 5.73 Å². The topological polar surface area (TPSA) is 103 Å². The van der Waals surface area contributed by atoms with Gasteiger partial charge in [0.25, 0.3) is 5.91 Å². The molecule has 3 N–H and O–H groups in total. The molecule has 1 amide bonds. The summed E-state index contributed by atoms with van der Waals surface area (Å²) in [4.78, 5) is 16.4. The van der Waals surface area contributed by atoms with Crippen LogP contribution in [0.15, 0.2) is 83.4 Å². The van der Waals surface area contributed by atoms with Crippen LogP contribution < -0.4 is 16.0 Å². The Balaban J connectivity index is 1.02. The van der Waals surface area contributed by atoms with Crippen molar-refractivity contribution in [2.75, 3.05) is 42.9 Å². The zero-order valence-electron chi connectivity index (χ0n) is 23.1. The van der Waals surface area contributed by atoms with Gasteiger partial charge in [0.1, 0.15) is 5.58 Å². The number of unbranched alkanes of at least 4 members (excludes halogenated alkanes) is 1. The minimum absolute atomic E-state index is 0.195. The zero-order chi connectivity index (χ0) is 28.2. The molecule has 0 saturated carbocycles. The van der Waals surface area contributed by atoms with Crippen molar-refractivity contribution in [1.82, 2.24) is 9.47 Å². The second-order valence-electron chi connectivity index (χ2n) is 10.7. The predicted octanol–water partition coefficient (Wildman–Crippen LogP) is 5.57. The van der Waals surface area contributed by atoms with Gasteiger partial charge in [-0.1, -0.05) is 18.2 Å². The first-order valence-electron chi connectivity index (χ1n) is 14.2. The number of carbonyl (C=O) groups is 1. The van der Waals surface area contributed by atoms with E-state index >= 15 is 0 Å². The Bertz CT molecular complexity index is 1710. The fraction of sp³-hybridized carbons (Fsp3) is 0.273. The van der Waals surface area contributed by atoms with E-state index in [9.17, 15) is 10.1 Å². The number of hydrogen-bond acceptors (Lipinski definition) is 6. The van der Waals surface area contributed by atoms with Gasteiger partial charge in [-0.05, 0) is 86.0 Å². The van der Waals surface area contributed by atoms with E-state index in [1.54, 1.807) is 6.07 Å². The van der Waals surface area contributed by atoms with Crippen LogP contribution in [0.25, 0.3) is 21.9 Å². The summed E-state index contributed by atoms with van der Waals surface area (Å²) in [5.41, 5.74) is 11.4. The maximum Gasteiger partial charge on any atom is 0.284 e. The molecule has 8 nitrogen and oxygen atoms in total. The highest BCUT2D eigenvalue weighted by molar-refractivity contribution is 5.95. The highest BCUT2D eigenvalue weighted by Gasteiger charge is 2.18. The molecule has 0 bridgehead atoms. The molecule has 41 heavy (non-hydrogen) atoms. The Morgan fingerprint density at radius 1 is 0.976 bits per heavy atom. The van der Waals surface area contributed by atoms with Crippen molar-refractivity contribution in [3.05, 3.63) is 95.9 Å². The summed E-state index contributed by atoms with van der Waals surface area (Å²) >= 11 is 0. The van der Waals surface area contributed by atoms with E-state index < -0.39 is 5.91 Å². The van der Waals surface area contributed by atoms with E-state index in [4.69, 9.17) is 10.2 Å². The highest BCUT2D eigenvalue weighted by atomic mass is 16.3. The molecule has 8 heteroatoms. The number of carbonyl (C=O) groups excluding carboxylic acids is 1. The number of aromatic nitrogens is 1. The van der Waals surface area contributed by atoms with Crippen LogP contribution in [0.3, 0.4) is 0 Å². The third kappa shape index (κ3) is 5.91. The average Bonchev–Trinajstić information content (AvgIpc) is 3.60. The number of nitrogens with zero attached hydrogens (tertiary/aromatic N) is 4. The number of aryl methyl sites for hydroxylation is 1. The van der Waals surface area contributed by atoms with Gasteiger partial charge in [0.2, 0.25) is 0 Å². The molecule has 0 radical (unpaired) electrons. The number of fused-ring (bicyclic) bond motifs is 2. The van der Waals surface area contributed by atoms with Gasteiger partial charge in [-0.25, -0.2) is 0 Å². The number of furan rings is 1. The molecule has 0 spiro atoms. The monoisotopic (exact) mass is 546 g/mol. The van der Waals surface area contributed by atoms with Gasteiger partial charge in [-0.2, -0.15) is 5.26 Å². The van der Waals surface area contributed by atoms with Crippen molar-refractivity contribution in [2.45, 2.75) is 25.9 Å². The fourth-order valence-corrected chi connectivity index (χ4v) is 5.73. The number of nitrogens with one attached hydrogen (secondary N) is 1. The quantitative estimate of drug-likeness (QED) is 0.222.